The summed E-state index contributed by atoms with van der Waals surface area (Å²) >= 11 is 12.4. The van der Waals surface area contributed by atoms with Gasteiger partial charge in [-0.3, -0.25) is 15.1 Å². The molecule has 0 saturated carbocycles. The van der Waals surface area contributed by atoms with E-state index in [1.54, 1.807) is 19.9 Å². The van der Waals surface area contributed by atoms with Crippen LogP contribution in [0.25, 0.3) is 0 Å². The molecule has 130 valence electrons. The monoisotopic (exact) mass is 373 g/mol. The average molecular weight is 374 g/mol. The van der Waals surface area contributed by atoms with E-state index in [0.717, 1.165) is 0 Å². The number of rotatable bonds is 5. The topological polar surface area (TPSA) is 91.2 Å². The lowest BCUT2D eigenvalue weighted by molar-refractivity contribution is -0.165. The lowest BCUT2D eigenvalue weighted by Gasteiger charge is -2.18. The number of benzene rings is 1. The third-order valence-corrected chi connectivity index (χ3v) is 4.15. The molecule has 0 radical (unpaired) electrons. The van der Waals surface area contributed by atoms with E-state index in [1.165, 1.54) is 18.1 Å². The molecule has 1 saturated heterocycles. The van der Waals surface area contributed by atoms with Crippen LogP contribution in [-0.4, -0.2) is 34.4 Å². The van der Waals surface area contributed by atoms with Crippen molar-refractivity contribution in [2.24, 2.45) is 10.5 Å². The summed E-state index contributed by atoms with van der Waals surface area (Å²) in [6, 6.07) is 3.10. The van der Waals surface area contributed by atoms with Crippen LogP contribution in [0.3, 0.4) is 0 Å². The zero-order chi connectivity index (χ0) is 18.1. The van der Waals surface area contributed by atoms with E-state index in [-0.39, 0.29) is 18.2 Å². The van der Waals surface area contributed by atoms with Crippen molar-refractivity contribution in [2.45, 2.75) is 27.3 Å². The highest BCUT2D eigenvalue weighted by atomic mass is 35.5. The molecule has 2 N–H and O–H groups in total. The average Bonchev–Trinajstić information content (AvgIpc) is 2.75. The number of hydrazone groups is 1. The Kier molecular flexibility index (Phi) is 5.37. The largest absolute Gasteiger partial charge is 0.477 e. The van der Waals surface area contributed by atoms with Gasteiger partial charge < -0.3 is 5.11 Å². The van der Waals surface area contributed by atoms with Crippen LogP contribution in [0.4, 0.5) is 5.69 Å². The predicted molar refractivity (Wildman–Crippen MR) is 91.1 cm³/mol. The second-order valence-electron chi connectivity index (χ2n) is 6.04. The standard InChI is InChI=1S/C15H17Cl2N3O4/c1-8(13(21)22)18-19-12-5-10(16)9(4-11(12)17)6-20-14(23)15(2,3)7-24-20/h4-5,19H,6-7H2,1-3H3,(H,21,22). The molecule has 1 heterocycles. The first-order chi connectivity index (χ1) is 11.1. The van der Waals surface area contributed by atoms with Gasteiger partial charge in [-0.25, -0.2) is 9.86 Å². The summed E-state index contributed by atoms with van der Waals surface area (Å²) in [7, 11) is 0. The lowest BCUT2D eigenvalue weighted by Crippen LogP contribution is -2.30. The van der Waals surface area contributed by atoms with Gasteiger partial charge in [0.15, 0.2) is 0 Å². The molecule has 0 aliphatic carbocycles. The van der Waals surface area contributed by atoms with Gasteiger partial charge in [-0.1, -0.05) is 23.2 Å². The van der Waals surface area contributed by atoms with Gasteiger partial charge in [0, 0.05) is 5.02 Å². The van der Waals surface area contributed by atoms with Crippen LogP contribution in [0.5, 0.6) is 0 Å². The molecule has 0 spiro atoms. The van der Waals surface area contributed by atoms with Crippen molar-refractivity contribution in [3.8, 4) is 0 Å². The van der Waals surface area contributed by atoms with Crippen LogP contribution < -0.4 is 5.43 Å². The Hall–Kier alpha value is -1.83. The van der Waals surface area contributed by atoms with Crippen molar-refractivity contribution < 1.29 is 19.5 Å². The predicted octanol–water partition coefficient (Wildman–Crippen LogP) is 3.17. The van der Waals surface area contributed by atoms with Gasteiger partial charge in [0.2, 0.25) is 0 Å². The highest BCUT2D eigenvalue weighted by Crippen LogP contribution is 2.33. The van der Waals surface area contributed by atoms with Crippen LogP contribution in [0.1, 0.15) is 26.3 Å². The Bertz CT molecular complexity index is 719. The minimum Gasteiger partial charge on any atom is -0.477 e. The van der Waals surface area contributed by atoms with Crippen molar-refractivity contribution in [1.82, 2.24) is 5.06 Å². The molecule has 0 atom stereocenters. The smallest absolute Gasteiger partial charge is 0.351 e. The Labute approximate surface area is 149 Å². The number of anilines is 1. The fraction of sp³-hybridized carbons (Fsp3) is 0.400. The molecule has 1 aromatic rings. The third kappa shape index (κ3) is 3.98. The molecular formula is C15H17Cl2N3O4. The molecular weight excluding hydrogens is 357 g/mol. The quantitative estimate of drug-likeness (QED) is 0.610. The second-order valence-corrected chi connectivity index (χ2v) is 6.85. The van der Waals surface area contributed by atoms with Crippen LogP contribution in [0.15, 0.2) is 17.2 Å². The molecule has 2 rings (SSSR count). The van der Waals surface area contributed by atoms with E-state index in [0.29, 0.717) is 27.9 Å². The summed E-state index contributed by atoms with van der Waals surface area (Å²) in [5.41, 5.74) is 2.84. The molecule has 0 bridgehead atoms. The maximum atomic E-state index is 12.2. The number of nitrogens with one attached hydrogen (secondary N) is 1. The van der Waals surface area contributed by atoms with Crippen molar-refractivity contribution in [2.75, 3.05) is 12.0 Å². The van der Waals surface area contributed by atoms with E-state index in [2.05, 4.69) is 10.5 Å². The molecule has 9 heteroatoms. The van der Waals surface area contributed by atoms with E-state index in [4.69, 9.17) is 33.1 Å². The van der Waals surface area contributed by atoms with Crippen molar-refractivity contribution in [1.29, 1.82) is 0 Å². The number of hydrogen-bond acceptors (Lipinski definition) is 5. The number of nitrogens with zero attached hydrogens (tertiary/aromatic N) is 2. The Morgan fingerprint density at radius 1 is 1.42 bits per heavy atom. The molecule has 7 nitrogen and oxygen atoms in total. The molecule has 1 amide bonds. The maximum absolute atomic E-state index is 12.2. The normalized spacial score (nSPS) is 17.3. The summed E-state index contributed by atoms with van der Waals surface area (Å²) in [5, 5.41) is 14.4. The number of carboxylic acid groups (broad SMARTS) is 1. The summed E-state index contributed by atoms with van der Waals surface area (Å²) in [4.78, 5) is 28.3. The Morgan fingerprint density at radius 3 is 2.62 bits per heavy atom. The van der Waals surface area contributed by atoms with Gasteiger partial charge in [-0.05, 0) is 38.5 Å². The SMILES string of the molecule is CC(=NNc1cc(Cl)c(CN2OCC(C)(C)C2=O)cc1Cl)C(=O)O. The number of halogens is 2. The first-order valence-corrected chi connectivity index (χ1v) is 7.84. The number of amides is 1. The van der Waals surface area contributed by atoms with Crippen LogP contribution in [0, 0.1) is 5.41 Å². The van der Waals surface area contributed by atoms with Crippen LogP contribution >= 0.6 is 23.2 Å². The summed E-state index contributed by atoms with van der Waals surface area (Å²) in [5.74, 6) is -1.27. The summed E-state index contributed by atoms with van der Waals surface area (Å²) in [6.07, 6.45) is 0. The molecule has 1 fully saturated rings. The zero-order valence-corrected chi connectivity index (χ0v) is 14.9. The number of hydrogen-bond donors (Lipinski definition) is 2. The Morgan fingerprint density at radius 2 is 2.08 bits per heavy atom. The van der Waals surface area contributed by atoms with E-state index in [9.17, 15) is 9.59 Å². The fourth-order valence-electron chi connectivity index (χ4n) is 1.96. The van der Waals surface area contributed by atoms with Gasteiger partial charge in [-0.2, -0.15) is 5.10 Å². The van der Waals surface area contributed by atoms with Gasteiger partial charge in [0.25, 0.3) is 5.91 Å². The van der Waals surface area contributed by atoms with Gasteiger partial charge in [-0.15, -0.1) is 0 Å². The molecule has 0 unspecified atom stereocenters. The molecule has 0 aromatic heterocycles. The van der Waals surface area contributed by atoms with Gasteiger partial charge in [0.05, 0.1) is 29.3 Å². The molecule has 1 aliphatic heterocycles. The van der Waals surface area contributed by atoms with Crippen molar-refractivity contribution in [3.63, 3.8) is 0 Å². The van der Waals surface area contributed by atoms with E-state index >= 15 is 0 Å². The summed E-state index contributed by atoms with van der Waals surface area (Å²) in [6.45, 7) is 5.43. The van der Waals surface area contributed by atoms with Crippen molar-refractivity contribution in [3.05, 3.63) is 27.7 Å². The van der Waals surface area contributed by atoms with Gasteiger partial charge in [0.1, 0.15) is 5.71 Å². The maximum Gasteiger partial charge on any atom is 0.351 e. The van der Waals surface area contributed by atoms with Crippen LogP contribution in [0.2, 0.25) is 10.0 Å². The summed E-state index contributed by atoms with van der Waals surface area (Å²) < 4.78 is 0. The molecule has 1 aliphatic rings. The zero-order valence-electron chi connectivity index (χ0n) is 13.4. The van der Waals surface area contributed by atoms with E-state index < -0.39 is 11.4 Å². The first-order valence-electron chi connectivity index (χ1n) is 7.08. The number of aliphatic carboxylic acids is 1. The van der Waals surface area contributed by atoms with Crippen LogP contribution in [-0.2, 0) is 21.0 Å². The first kappa shape index (κ1) is 18.5. The number of carbonyl (C=O) groups excluding carboxylic acids is 1. The fourth-order valence-corrected chi connectivity index (χ4v) is 2.41. The minimum absolute atomic E-state index is 0.121. The Balaban J connectivity index is 2.17. The lowest BCUT2D eigenvalue weighted by atomic mass is 9.95. The molecule has 24 heavy (non-hydrogen) atoms. The third-order valence-electron chi connectivity index (χ3n) is 3.49. The second kappa shape index (κ2) is 6.96. The number of hydroxylamine groups is 2. The molecule has 1 aromatic carbocycles. The number of carboxylic acids is 1. The number of carbonyl (C=O) groups is 2. The van der Waals surface area contributed by atoms with Crippen molar-refractivity contribution >= 4 is 46.5 Å². The van der Waals surface area contributed by atoms with Gasteiger partial charge >= 0.3 is 5.97 Å². The minimum atomic E-state index is -1.14. The highest BCUT2D eigenvalue weighted by Gasteiger charge is 2.40. The van der Waals surface area contributed by atoms with E-state index in [1.807, 2.05) is 0 Å². The highest BCUT2D eigenvalue weighted by molar-refractivity contribution is 6.36.